The Kier molecular flexibility index (Phi) is 3.92. The van der Waals surface area contributed by atoms with Crippen LogP contribution < -0.4 is 0 Å². The van der Waals surface area contributed by atoms with Crippen LogP contribution in [0.3, 0.4) is 0 Å². The Labute approximate surface area is 107 Å². The molecule has 0 N–H and O–H groups in total. The average Bonchev–Trinajstić information content (AvgIpc) is 2.95. The van der Waals surface area contributed by atoms with Crippen molar-refractivity contribution in [1.82, 2.24) is 25.2 Å². The molecular weight excluding hydrogens is 258 g/mol. The summed E-state index contributed by atoms with van der Waals surface area (Å²) in [7, 11) is 1.78. The van der Waals surface area contributed by atoms with Gasteiger partial charge < -0.3 is 9.15 Å². The molecule has 0 radical (unpaired) electrons. The van der Waals surface area contributed by atoms with Crippen LogP contribution in [-0.2, 0) is 17.5 Å². The normalized spacial score (nSPS) is 10.6. The second kappa shape index (κ2) is 5.63. The number of carbonyl (C=O) groups is 1. The SMILES string of the molecule is CCOC(=O)c1nnc(SCc2cn(C)nn2)o1. The molecular formula is C9H11N5O3S. The molecule has 0 aliphatic carbocycles. The first-order valence-electron chi connectivity index (χ1n) is 5.17. The number of nitrogens with zero attached hydrogens (tertiary/aromatic N) is 5. The fourth-order valence-corrected chi connectivity index (χ4v) is 1.78. The first kappa shape index (κ1) is 12.6. The zero-order valence-electron chi connectivity index (χ0n) is 9.86. The molecule has 0 bridgehead atoms. The second-order valence-corrected chi connectivity index (χ2v) is 4.19. The summed E-state index contributed by atoms with van der Waals surface area (Å²) in [6, 6.07) is 0. The van der Waals surface area contributed by atoms with Gasteiger partial charge in [-0.2, -0.15) is 0 Å². The maximum Gasteiger partial charge on any atom is 0.396 e. The molecule has 0 atom stereocenters. The molecule has 0 aliphatic heterocycles. The van der Waals surface area contributed by atoms with E-state index in [1.165, 1.54) is 11.8 Å². The zero-order chi connectivity index (χ0) is 13.0. The van der Waals surface area contributed by atoms with Gasteiger partial charge in [-0.25, -0.2) is 4.79 Å². The van der Waals surface area contributed by atoms with Crippen LogP contribution in [-0.4, -0.2) is 37.8 Å². The Morgan fingerprint density at radius 3 is 3.00 bits per heavy atom. The highest BCUT2D eigenvalue weighted by Crippen LogP contribution is 2.20. The number of hydrogen-bond donors (Lipinski definition) is 0. The number of hydrogen-bond acceptors (Lipinski definition) is 8. The van der Waals surface area contributed by atoms with Crippen LogP contribution in [0.25, 0.3) is 0 Å². The summed E-state index contributed by atoms with van der Waals surface area (Å²) >= 11 is 1.28. The van der Waals surface area contributed by atoms with E-state index in [1.807, 2.05) is 0 Å². The molecule has 96 valence electrons. The lowest BCUT2D eigenvalue weighted by Crippen LogP contribution is -2.04. The van der Waals surface area contributed by atoms with Crippen LogP contribution >= 0.6 is 11.8 Å². The van der Waals surface area contributed by atoms with Gasteiger partial charge in [-0.05, 0) is 6.92 Å². The number of aromatic nitrogens is 5. The summed E-state index contributed by atoms with van der Waals surface area (Å²) in [5, 5.41) is 15.3. The molecule has 0 saturated heterocycles. The Morgan fingerprint density at radius 2 is 2.33 bits per heavy atom. The molecule has 0 aliphatic rings. The van der Waals surface area contributed by atoms with Crippen molar-refractivity contribution in [2.45, 2.75) is 17.9 Å². The van der Waals surface area contributed by atoms with Gasteiger partial charge in [0.25, 0.3) is 5.22 Å². The largest absolute Gasteiger partial charge is 0.459 e. The van der Waals surface area contributed by atoms with Crippen LogP contribution in [0.5, 0.6) is 0 Å². The van der Waals surface area contributed by atoms with Crippen molar-refractivity contribution in [3.05, 3.63) is 17.8 Å². The number of thioether (sulfide) groups is 1. The Bertz CT molecular complexity index is 538. The lowest BCUT2D eigenvalue weighted by molar-refractivity contribution is 0.0475. The lowest BCUT2D eigenvalue weighted by Gasteiger charge is -1.94. The van der Waals surface area contributed by atoms with Crippen LogP contribution in [0.2, 0.25) is 0 Å². The van der Waals surface area contributed by atoms with E-state index in [4.69, 9.17) is 9.15 Å². The second-order valence-electron chi connectivity index (χ2n) is 3.27. The highest BCUT2D eigenvalue weighted by molar-refractivity contribution is 7.98. The van der Waals surface area contributed by atoms with Crippen molar-refractivity contribution in [1.29, 1.82) is 0 Å². The summed E-state index contributed by atoms with van der Waals surface area (Å²) in [5.41, 5.74) is 0.790. The predicted octanol–water partition coefficient (Wildman–Crippen LogP) is 0.667. The van der Waals surface area contributed by atoms with Crippen LogP contribution in [0.4, 0.5) is 0 Å². The van der Waals surface area contributed by atoms with E-state index in [0.717, 1.165) is 5.69 Å². The maximum atomic E-state index is 11.3. The highest BCUT2D eigenvalue weighted by atomic mass is 32.2. The average molecular weight is 269 g/mol. The number of rotatable bonds is 5. The molecule has 0 fully saturated rings. The summed E-state index contributed by atoms with van der Waals surface area (Å²) < 4.78 is 11.5. The fourth-order valence-electron chi connectivity index (χ4n) is 1.14. The van der Waals surface area contributed by atoms with Gasteiger partial charge in [0, 0.05) is 19.0 Å². The maximum absolute atomic E-state index is 11.3. The van der Waals surface area contributed by atoms with E-state index in [2.05, 4.69) is 20.5 Å². The third kappa shape index (κ3) is 3.06. The number of carbonyl (C=O) groups excluding carboxylic acids is 1. The minimum atomic E-state index is -0.614. The summed E-state index contributed by atoms with van der Waals surface area (Å²) in [6.45, 7) is 1.97. The topological polar surface area (TPSA) is 95.9 Å². The van der Waals surface area contributed by atoms with Gasteiger partial charge in [-0.3, -0.25) is 4.68 Å². The van der Waals surface area contributed by atoms with Crippen molar-refractivity contribution in [3.63, 3.8) is 0 Å². The molecule has 0 aromatic carbocycles. The monoisotopic (exact) mass is 269 g/mol. The molecule has 2 aromatic rings. The van der Waals surface area contributed by atoms with E-state index in [0.29, 0.717) is 11.0 Å². The van der Waals surface area contributed by atoms with Gasteiger partial charge >= 0.3 is 11.9 Å². The van der Waals surface area contributed by atoms with E-state index < -0.39 is 5.97 Å². The van der Waals surface area contributed by atoms with Crippen molar-refractivity contribution in [2.24, 2.45) is 7.05 Å². The lowest BCUT2D eigenvalue weighted by atomic mass is 10.6. The van der Waals surface area contributed by atoms with Crippen molar-refractivity contribution >= 4 is 17.7 Å². The van der Waals surface area contributed by atoms with Crippen molar-refractivity contribution in [2.75, 3.05) is 6.61 Å². The van der Waals surface area contributed by atoms with E-state index in [-0.39, 0.29) is 12.5 Å². The first-order valence-corrected chi connectivity index (χ1v) is 6.16. The standard InChI is InChI=1S/C9H11N5O3S/c1-3-16-8(15)7-11-12-9(17-7)18-5-6-4-14(2)13-10-6/h4H,3,5H2,1-2H3. The minimum absolute atomic E-state index is 0.140. The first-order chi connectivity index (χ1) is 8.69. The number of ether oxygens (including phenoxy) is 1. The molecule has 18 heavy (non-hydrogen) atoms. The third-order valence-corrected chi connectivity index (χ3v) is 2.70. The van der Waals surface area contributed by atoms with Gasteiger partial charge in [0.05, 0.1) is 12.3 Å². The fraction of sp³-hybridized carbons (Fsp3) is 0.444. The van der Waals surface area contributed by atoms with Gasteiger partial charge in [0.2, 0.25) is 0 Å². The van der Waals surface area contributed by atoms with Gasteiger partial charge in [-0.15, -0.1) is 10.2 Å². The number of esters is 1. The Morgan fingerprint density at radius 1 is 1.50 bits per heavy atom. The summed E-state index contributed by atoms with van der Waals surface area (Å²) in [4.78, 5) is 11.3. The summed E-state index contributed by atoms with van der Waals surface area (Å²) in [5.74, 6) is -0.215. The van der Waals surface area contributed by atoms with E-state index >= 15 is 0 Å². The van der Waals surface area contributed by atoms with E-state index in [9.17, 15) is 4.79 Å². The smallest absolute Gasteiger partial charge is 0.396 e. The van der Waals surface area contributed by atoms with Crippen LogP contribution in [0.15, 0.2) is 15.8 Å². The molecule has 0 saturated carbocycles. The minimum Gasteiger partial charge on any atom is -0.459 e. The molecule has 0 amide bonds. The molecule has 2 heterocycles. The van der Waals surface area contributed by atoms with Crippen LogP contribution in [0, 0.1) is 0 Å². The molecule has 2 rings (SSSR count). The van der Waals surface area contributed by atoms with E-state index in [1.54, 1.807) is 24.9 Å². The molecule has 9 heteroatoms. The molecule has 8 nitrogen and oxygen atoms in total. The highest BCUT2D eigenvalue weighted by Gasteiger charge is 2.16. The predicted molar refractivity (Wildman–Crippen MR) is 60.8 cm³/mol. The van der Waals surface area contributed by atoms with Gasteiger partial charge in [-0.1, -0.05) is 22.1 Å². The van der Waals surface area contributed by atoms with Crippen LogP contribution in [0.1, 0.15) is 23.3 Å². The number of aryl methyl sites for hydroxylation is 1. The van der Waals surface area contributed by atoms with Crippen molar-refractivity contribution in [3.8, 4) is 0 Å². The van der Waals surface area contributed by atoms with Gasteiger partial charge in [0.15, 0.2) is 0 Å². The quantitative estimate of drug-likeness (QED) is 0.577. The third-order valence-electron chi connectivity index (χ3n) is 1.85. The van der Waals surface area contributed by atoms with Crippen molar-refractivity contribution < 1.29 is 13.9 Å². The molecule has 2 aromatic heterocycles. The Hall–Kier alpha value is -1.90. The summed E-state index contributed by atoms with van der Waals surface area (Å²) in [6.07, 6.45) is 1.79. The molecule has 0 unspecified atom stereocenters. The molecule has 0 spiro atoms. The van der Waals surface area contributed by atoms with Gasteiger partial charge in [0.1, 0.15) is 0 Å². The zero-order valence-corrected chi connectivity index (χ0v) is 10.7. The Balaban J connectivity index is 1.92.